The van der Waals surface area contributed by atoms with Gasteiger partial charge in [-0.2, -0.15) is 13.2 Å². The molecule has 0 saturated heterocycles. The Labute approximate surface area is 117 Å². The number of alkyl halides is 3. The normalized spacial score (nSPS) is 12.1. The molecule has 21 heavy (non-hydrogen) atoms. The summed E-state index contributed by atoms with van der Waals surface area (Å²) in [5.74, 6) is -1.89. The second-order valence-electron chi connectivity index (χ2n) is 4.93. The standard InChI is InChI=1S/C14H12F3NO3/c1-6(2)10-9(13(20)21)12(19)7-4-3-5-8(11(7)18-10)14(15,16)17/h3-6H,1-2H3,(H,18,19)(H,20,21). The van der Waals surface area contributed by atoms with Crippen molar-refractivity contribution in [3.63, 3.8) is 0 Å². The van der Waals surface area contributed by atoms with Crippen molar-refractivity contribution in [2.75, 3.05) is 0 Å². The van der Waals surface area contributed by atoms with Gasteiger partial charge in [0, 0.05) is 11.1 Å². The van der Waals surface area contributed by atoms with Crippen LogP contribution >= 0.6 is 0 Å². The Bertz CT molecular complexity index is 775. The Morgan fingerprint density at radius 2 is 1.90 bits per heavy atom. The summed E-state index contributed by atoms with van der Waals surface area (Å²) >= 11 is 0. The van der Waals surface area contributed by atoms with Crippen LogP contribution in [0.2, 0.25) is 0 Å². The summed E-state index contributed by atoms with van der Waals surface area (Å²) in [4.78, 5) is 25.9. The third-order valence-corrected chi connectivity index (χ3v) is 3.16. The van der Waals surface area contributed by atoms with Crippen molar-refractivity contribution in [3.05, 3.63) is 45.2 Å². The van der Waals surface area contributed by atoms with E-state index in [0.717, 1.165) is 12.1 Å². The number of carbonyl (C=O) groups is 1. The maximum atomic E-state index is 13.0. The third-order valence-electron chi connectivity index (χ3n) is 3.16. The fourth-order valence-corrected chi connectivity index (χ4v) is 2.21. The van der Waals surface area contributed by atoms with Crippen LogP contribution in [0.25, 0.3) is 10.9 Å². The van der Waals surface area contributed by atoms with E-state index in [2.05, 4.69) is 4.98 Å². The lowest BCUT2D eigenvalue weighted by molar-refractivity contribution is -0.136. The molecule has 0 radical (unpaired) electrons. The predicted molar refractivity (Wildman–Crippen MR) is 70.6 cm³/mol. The average Bonchev–Trinajstić information content (AvgIpc) is 2.36. The quantitative estimate of drug-likeness (QED) is 0.893. The zero-order chi connectivity index (χ0) is 15.9. The summed E-state index contributed by atoms with van der Waals surface area (Å²) in [7, 11) is 0. The van der Waals surface area contributed by atoms with Gasteiger partial charge in [0.25, 0.3) is 0 Å². The number of aromatic nitrogens is 1. The lowest BCUT2D eigenvalue weighted by Crippen LogP contribution is -2.22. The van der Waals surface area contributed by atoms with Gasteiger partial charge in [0.2, 0.25) is 5.43 Å². The molecule has 0 amide bonds. The number of aromatic carboxylic acids is 1. The Kier molecular flexibility index (Phi) is 3.52. The zero-order valence-corrected chi connectivity index (χ0v) is 11.2. The first-order valence-corrected chi connectivity index (χ1v) is 6.14. The van der Waals surface area contributed by atoms with Crippen molar-refractivity contribution in [1.82, 2.24) is 4.98 Å². The van der Waals surface area contributed by atoms with E-state index >= 15 is 0 Å². The van der Waals surface area contributed by atoms with Crippen LogP contribution < -0.4 is 5.43 Å². The zero-order valence-electron chi connectivity index (χ0n) is 11.2. The molecule has 112 valence electrons. The number of rotatable bonds is 2. The van der Waals surface area contributed by atoms with Crippen LogP contribution in [-0.4, -0.2) is 16.1 Å². The van der Waals surface area contributed by atoms with Crippen LogP contribution in [0.5, 0.6) is 0 Å². The van der Waals surface area contributed by atoms with E-state index < -0.39 is 34.6 Å². The number of hydrogen-bond acceptors (Lipinski definition) is 2. The molecule has 0 aliphatic heterocycles. The Balaban J connectivity index is 3.01. The molecule has 0 atom stereocenters. The van der Waals surface area contributed by atoms with E-state index in [1.165, 1.54) is 6.07 Å². The monoisotopic (exact) mass is 299 g/mol. The molecule has 4 nitrogen and oxygen atoms in total. The van der Waals surface area contributed by atoms with E-state index in [4.69, 9.17) is 5.11 Å². The molecule has 0 spiro atoms. The molecule has 2 aromatic rings. The number of para-hydroxylation sites is 1. The molecule has 1 heterocycles. The topological polar surface area (TPSA) is 70.2 Å². The van der Waals surface area contributed by atoms with Gasteiger partial charge < -0.3 is 10.1 Å². The SMILES string of the molecule is CC(C)c1[nH]c2c(C(F)(F)F)cccc2c(=O)c1C(=O)O. The number of pyridine rings is 1. The number of halogens is 3. The summed E-state index contributed by atoms with van der Waals surface area (Å²) in [6.45, 7) is 3.19. The molecule has 2 N–H and O–H groups in total. The van der Waals surface area contributed by atoms with Gasteiger partial charge in [-0.3, -0.25) is 4.79 Å². The molecule has 1 aromatic heterocycles. The molecular weight excluding hydrogens is 287 g/mol. The Hall–Kier alpha value is -2.31. The highest BCUT2D eigenvalue weighted by Crippen LogP contribution is 2.34. The summed E-state index contributed by atoms with van der Waals surface area (Å²) in [6, 6.07) is 3.11. The number of benzene rings is 1. The number of aromatic amines is 1. The summed E-state index contributed by atoms with van der Waals surface area (Å²) in [5, 5.41) is 8.86. The van der Waals surface area contributed by atoms with Crippen LogP contribution in [0.1, 0.15) is 41.4 Å². The fraction of sp³-hybridized carbons (Fsp3) is 0.286. The minimum atomic E-state index is -4.64. The van der Waals surface area contributed by atoms with Crippen molar-refractivity contribution >= 4 is 16.9 Å². The van der Waals surface area contributed by atoms with E-state index in [0.29, 0.717) is 0 Å². The lowest BCUT2D eigenvalue weighted by atomic mass is 9.99. The maximum Gasteiger partial charge on any atom is 0.418 e. The van der Waals surface area contributed by atoms with Crippen molar-refractivity contribution < 1.29 is 23.1 Å². The maximum absolute atomic E-state index is 13.0. The van der Waals surface area contributed by atoms with Crippen molar-refractivity contribution in [2.45, 2.75) is 25.9 Å². The number of carboxylic acid groups (broad SMARTS) is 1. The molecule has 0 fully saturated rings. The second-order valence-corrected chi connectivity index (χ2v) is 4.93. The molecule has 2 rings (SSSR count). The smallest absolute Gasteiger partial charge is 0.418 e. The number of hydrogen-bond donors (Lipinski definition) is 2. The van der Waals surface area contributed by atoms with Crippen molar-refractivity contribution in [2.24, 2.45) is 0 Å². The van der Waals surface area contributed by atoms with Gasteiger partial charge in [-0.05, 0) is 18.1 Å². The third kappa shape index (κ3) is 2.51. The lowest BCUT2D eigenvalue weighted by Gasteiger charge is -2.15. The largest absolute Gasteiger partial charge is 0.477 e. The summed E-state index contributed by atoms with van der Waals surface area (Å²) < 4.78 is 39.0. The van der Waals surface area contributed by atoms with Crippen LogP contribution in [0.3, 0.4) is 0 Å². The van der Waals surface area contributed by atoms with Crippen LogP contribution in [-0.2, 0) is 6.18 Å². The van der Waals surface area contributed by atoms with Crippen molar-refractivity contribution in [3.8, 4) is 0 Å². The number of carboxylic acids is 1. The first-order valence-electron chi connectivity index (χ1n) is 6.14. The molecular formula is C14H12F3NO3. The first kappa shape index (κ1) is 15.1. The molecule has 1 aromatic carbocycles. The van der Waals surface area contributed by atoms with E-state index in [1.807, 2.05) is 0 Å². The Morgan fingerprint density at radius 3 is 2.38 bits per heavy atom. The van der Waals surface area contributed by atoms with Gasteiger partial charge >= 0.3 is 12.1 Å². The highest BCUT2D eigenvalue weighted by atomic mass is 19.4. The highest BCUT2D eigenvalue weighted by Gasteiger charge is 2.34. The Morgan fingerprint density at radius 1 is 1.29 bits per heavy atom. The van der Waals surface area contributed by atoms with Crippen LogP contribution in [0.4, 0.5) is 13.2 Å². The molecule has 0 aliphatic carbocycles. The van der Waals surface area contributed by atoms with Crippen molar-refractivity contribution in [1.29, 1.82) is 0 Å². The minimum Gasteiger partial charge on any atom is -0.477 e. The second kappa shape index (κ2) is 4.91. The summed E-state index contributed by atoms with van der Waals surface area (Å²) in [5.41, 5.74) is -2.82. The first-order chi connectivity index (χ1) is 9.64. The van der Waals surface area contributed by atoms with E-state index in [-0.39, 0.29) is 16.6 Å². The number of nitrogens with one attached hydrogen (secondary N) is 1. The average molecular weight is 299 g/mol. The molecule has 0 bridgehead atoms. The fourth-order valence-electron chi connectivity index (χ4n) is 2.21. The molecule has 7 heteroatoms. The van der Waals surface area contributed by atoms with Gasteiger partial charge in [0.05, 0.1) is 11.1 Å². The van der Waals surface area contributed by atoms with E-state index in [1.54, 1.807) is 13.8 Å². The highest BCUT2D eigenvalue weighted by molar-refractivity contribution is 5.94. The summed E-state index contributed by atoms with van der Waals surface area (Å²) in [6.07, 6.45) is -4.64. The molecule has 0 aliphatic rings. The van der Waals surface area contributed by atoms with Gasteiger partial charge in [-0.15, -0.1) is 0 Å². The van der Waals surface area contributed by atoms with Gasteiger partial charge in [-0.25, -0.2) is 4.79 Å². The van der Waals surface area contributed by atoms with Gasteiger partial charge in [0.1, 0.15) is 5.56 Å². The van der Waals surface area contributed by atoms with E-state index in [9.17, 15) is 22.8 Å². The van der Waals surface area contributed by atoms with Gasteiger partial charge in [-0.1, -0.05) is 19.9 Å². The van der Waals surface area contributed by atoms with Gasteiger partial charge in [0.15, 0.2) is 0 Å². The number of H-pyrrole nitrogens is 1. The van der Waals surface area contributed by atoms with Crippen LogP contribution in [0.15, 0.2) is 23.0 Å². The number of fused-ring (bicyclic) bond motifs is 1. The van der Waals surface area contributed by atoms with Crippen LogP contribution in [0, 0.1) is 0 Å². The molecule has 0 unspecified atom stereocenters. The molecule has 0 saturated carbocycles. The predicted octanol–water partition coefficient (Wildman–Crippen LogP) is 3.37. The minimum absolute atomic E-state index is 0.0169.